The van der Waals surface area contributed by atoms with Crippen LogP contribution in [0.1, 0.15) is 29.3 Å². The molecule has 18 heavy (non-hydrogen) atoms. The first-order chi connectivity index (χ1) is 8.61. The molecule has 0 saturated heterocycles. The van der Waals surface area contributed by atoms with Gasteiger partial charge in [-0.05, 0) is 37.1 Å². The Morgan fingerprint density at radius 1 is 1.33 bits per heavy atom. The lowest BCUT2D eigenvalue weighted by atomic mass is 9.99. The number of fused-ring (bicyclic) bond motifs is 1. The van der Waals surface area contributed by atoms with Crippen LogP contribution in [0, 0.1) is 0 Å². The molecule has 0 atom stereocenters. The third-order valence-corrected chi connectivity index (χ3v) is 2.72. The molecule has 2 rings (SSSR count). The first-order valence-electron chi connectivity index (χ1n) is 5.76. The van der Waals surface area contributed by atoms with E-state index in [1.165, 1.54) is 6.07 Å². The highest BCUT2D eigenvalue weighted by Gasteiger charge is 2.21. The quantitative estimate of drug-likeness (QED) is 0.496. The second-order valence-electron chi connectivity index (χ2n) is 3.97. The number of ketones is 1. The molecule has 0 unspecified atom stereocenters. The normalized spacial score (nSPS) is 13.5. The van der Waals surface area contributed by atoms with E-state index in [4.69, 9.17) is 0 Å². The minimum atomic E-state index is -0.850. The van der Waals surface area contributed by atoms with Gasteiger partial charge in [0.25, 0.3) is 5.78 Å². The molecule has 1 amide bonds. The standard InChI is InChI=1S/C13H13NO4/c1-2-18-13(17)12(16)9-3-5-10-8(7-9)4-6-11(15)14-10/h3,5,7H,2,4,6H2,1H3,(H,14,15). The van der Waals surface area contributed by atoms with Gasteiger partial charge in [0.2, 0.25) is 5.91 Å². The van der Waals surface area contributed by atoms with Crippen molar-refractivity contribution >= 4 is 23.3 Å². The van der Waals surface area contributed by atoms with Gasteiger partial charge in [-0.25, -0.2) is 4.79 Å². The number of rotatable bonds is 3. The van der Waals surface area contributed by atoms with Gasteiger partial charge in [-0.2, -0.15) is 0 Å². The van der Waals surface area contributed by atoms with Gasteiger partial charge in [0.15, 0.2) is 0 Å². The highest BCUT2D eigenvalue weighted by atomic mass is 16.5. The highest BCUT2D eigenvalue weighted by Crippen LogP contribution is 2.23. The van der Waals surface area contributed by atoms with Gasteiger partial charge < -0.3 is 10.1 Å². The summed E-state index contributed by atoms with van der Waals surface area (Å²) in [6, 6.07) is 4.79. The zero-order valence-corrected chi connectivity index (χ0v) is 9.99. The van der Waals surface area contributed by atoms with Crippen molar-refractivity contribution in [3.8, 4) is 0 Å². The molecular weight excluding hydrogens is 234 g/mol. The van der Waals surface area contributed by atoms with Gasteiger partial charge in [-0.1, -0.05) is 0 Å². The second kappa shape index (κ2) is 5.00. The van der Waals surface area contributed by atoms with E-state index in [0.29, 0.717) is 24.1 Å². The van der Waals surface area contributed by atoms with Gasteiger partial charge in [-0.3, -0.25) is 9.59 Å². The average Bonchev–Trinajstić information content (AvgIpc) is 2.37. The van der Waals surface area contributed by atoms with Crippen molar-refractivity contribution in [2.24, 2.45) is 0 Å². The predicted molar refractivity (Wildman–Crippen MR) is 64.4 cm³/mol. The lowest BCUT2D eigenvalue weighted by Crippen LogP contribution is -2.21. The topological polar surface area (TPSA) is 72.5 Å². The Kier molecular flexibility index (Phi) is 3.41. The third kappa shape index (κ3) is 2.40. The maximum atomic E-state index is 11.7. The van der Waals surface area contributed by atoms with E-state index in [1.54, 1.807) is 19.1 Å². The van der Waals surface area contributed by atoms with Gasteiger partial charge in [-0.15, -0.1) is 0 Å². The minimum absolute atomic E-state index is 0.0352. The van der Waals surface area contributed by atoms with Gasteiger partial charge in [0, 0.05) is 17.7 Å². The lowest BCUT2D eigenvalue weighted by molar-refractivity contribution is -0.137. The Hall–Kier alpha value is -2.17. The van der Waals surface area contributed by atoms with Crippen molar-refractivity contribution in [2.75, 3.05) is 11.9 Å². The molecule has 1 aliphatic rings. The van der Waals surface area contributed by atoms with Crippen LogP contribution in [-0.4, -0.2) is 24.3 Å². The monoisotopic (exact) mass is 247 g/mol. The predicted octanol–water partition coefficient (Wildman–Crippen LogP) is 1.32. The molecule has 1 N–H and O–H groups in total. The number of benzene rings is 1. The van der Waals surface area contributed by atoms with Gasteiger partial charge in [0.05, 0.1) is 6.61 Å². The number of nitrogens with one attached hydrogen (secondary N) is 1. The number of aryl methyl sites for hydroxylation is 1. The summed E-state index contributed by atoms with van der Waals surface area (Å²) >= 11 is 0. The van der Waals surface area contributed by atoms with Crippen molar-refractivity contribution in [2.45, 2.75) is 19.8 Å². The molecule has 0 spiro atoms. The van der Waals surface area contributed by atoms with Crippen molar-refractivity contribution < 1.29 is 19.1 Å². The summed E-state index contributed by atoms with van der Waals surface area (Å²) in [5.41, 5.74) is 1.86. The number of carbonyl (C=O) groups is 3. The van der Waals surface area contributed by atoms with E-state index in [2.05, 4.69) is 10.1 Å². The SMILES string of the molecule is CCOC(=O)C(=O)c1ccc2c(c1)CCC(=O)N2. The first-order valence-corrected chi connectivity index (χ1v) is 5.76. The lowest BCUT2D eigenvalue weighted by Gasteiger charge is -2.17. The number of Topliss-reactive ketones (excluding diaryl/α,β-unsaturated/α-hetero) is 1. The van der Waals surface area contributed by atoms with Crippen LogP contribution in [0.15, 0.2) is 18.2 Å². The van der Waals surface area contributed by atoms with Crippen molar-refractivity contribution in [1.29, 1.82) is 0 Å². The van der Waals surface area contributed by atoms with E-state index in [0.717, 1.165) is 5.56 Å². The molecule has 1 aromatic carbocycles. The molecule has 1 heterocycles. The number of hydrogen-bond acceptors (Lipinski definition) is 4. The maximum Gasteiger partial charge on any atom is 0.379 e. The summed E-state index contributed by atoms with van der Waals surface area (Å²) in [6.45, 7) is 1.82. The van der Waals surface area contributed by atoms with Gasteiger partial charge in [0.1, 0.15) is 0 Å². The zero-order chi connectivity index (χ0) is 13.1. The van der Waals surface area contributed by atoms with Crippen molar-refractivity contribution in [3.05, 3.63) is 29.3 Å². The Bertz CT molecular complexity index is 522. The number of carbonyl (C=O) groups excluding carboxylic acids is 3. The molecule has 0 fully saturated rings. The van der Waals surface area contributed by atoms with Crippen LogP contribution in [0.4, 0.5) is 5.69 Å². The fourth-order valence-electron chi connectivity index (χ4n) is 1.84. The zero-order valence-electron chi connectivity index (χ0n) is 9.99. The molecule has 1 aromatic rings. The Morgan fingerprint density at radius 2 is 2.11 bits per heavy atom. The van der Waals surface area contributed by atoms with Crippen LogP contribution < -0.4 is 5.32 Å². The molecule has 5 heteroatoms. The van der Waals surface area contributed by atoms with Crippen LogP contribution in [0.3, 0.4) is 0 Å². The summed E-state index contributed by atoms with van der Waals surface area (Å²) in [6.07, 6.45) is 0.967. The van der Waals surface area contributed by atoms with E-state index in [-0.39, 0.29) is 12.5 Å². The average molecular weight is 247 g/mol. The smallest absolute Gasteiger partial charge is 0.379 e. The van der Waals surface area contributed by atoms with Crippen LogP contribution in [0.2, 0.25) is 0 Å². The molecule has 1 aliphatic heterocycles. The van der Waals surface area contributed by atoms with E-state index in [1.807, 2.05) is 0 Å². The number of amides is 1. The molecule has 5 nitrogen and oxygen atoms in total. The van der Waals surface area contributed by atoms with Gasteiger partial charge >= 0.3 is 5.97 Å². The summed E-state index contributed by atoms with van der Waals surface area (Å²) < 4.78 is 4.66. The van der Waals surface area contributed by atoms with Crippen LogP contribution >= 0.6 is 0 Å². The second-order valence-corrected chi connectivity index (χ2v) is 3.97. The van der Waals surface area contributed by atoms with E-state index < -0.39 is 11.8 Å². The Labute approximate surface area is 104 Å². The van der Waals surface area contributed by atoms with Crippen molar-refractivity contribution in [3.63, 3.8) is 0 Å². The molecule has 0 saturated carbocycles. The first kappa shape index (κ1) is 12.3. The highest BCUT2D eigenvalue weighted by molar-refractivity contribution is 6.40. The number of anilines is 1. The molecule has 0 aliphatic carbocycles. The minimum Gasteiger partial charge on any atom is -0.460 e. The number of hydrogen-bond donors (Lipinski definition) is 1. The van der Waals surface area contributed by atoms with E-state index >= 15 is 0 Å². The number of ether oxygens (including phenoxy) is 1. The fourth-order valence-corrected chi connectivity index (χ4v) is 1.84. The largest absolute Gasteiger partial charge is 0.460 e. The Balaban J connectivity index is 2.24. The molecular formula is C13H13NO4. The fraction of sp³-hybridized carbons (Fsp3) is 0.308. The maximum absolute atomic E-state index is 11.7. The molecule has 0 radical (unpaired) electrons. The molecule has 0 aromatic heterocycles. The number of esters is 1. The molecule has 94 valence electrons. The Morgan fingerprint density at radius 3 is 2.83 bits per heavy atom. The summed E-state index contributed by atoms with van der Waals surface area (Å²) in [5, 5.41) is 2.71. The summed E-state index contributed by atoms with van der Waals surface area (Å²) in [4.78, 5) is 34.2. The third-order valence-electron chi connectivity index (χ3n) is 2.72. The molecule has 0 bridgehead atoms. The summed E-state index contributed by atoms with van der Waals surface area (Å²) in [5.74, 6) is -1.54. The van der Waals surface area contributed by atoms with Crippen LogP contribution in [-0.2, 0) is 20.7 Å². The van der Waals surface area contributed by atoms with Crippen LogP contribution in [0.25, 0.3) is 0 Å². The van der Waals surface area contributed by atoms with Crippen LogP contribution in [0.5, 0.6) is 0 Å². The summed E-state index contributed by atoms with van der Waals surface area (Å²) in [7, 11) is 0. The van der Waals surface area contributed by atoms with Crippen molar-refractivity contribution in [1.82, 2.24) is 0 Å². The van der Waals surface area contributed by atoms with E-state index in [9.17, 15) is 14.4 Å².